The summed E-state index contributed by atoms with van der Waals surface area (Å²) in [5, 5.41) is 7.88. The van der Waals surface area contributed by atoms with E-state index in [0.29, 0.717) is 28.5 Å². The third kappa shape index (κ3) is 4.70. The number of hydrogen-bond acceptors (Lipinski definition) is 6. The molecule has 0 spiro atoms. The summed E-state index contributed by atoms with van der Waals surface area (Å²) in [5.74, 6) is -0.964. The molecule has 8 heteroatoms. The predicted molar refractivity (Wildman–Crippen MR) is 124 cm³/mol. The second-order valence-corrected chi connectivity index (χ2v) is 9.42. The molecular formula is C24H23N3O4S. The summed E-state index contributed by atoms with van der Waals surface area (Å²) >= 11 is 1.29. The number of rotatable bonds is 4. The Morgan fingerprint density at radius 2 is 1.78 bits per heavy atom. The summed E-state index contributed by atoms with van der Waals surface area (Å²) in [6, 6.07) is 14.5. The molecule has 1 unspecified atom stereocenters. The maximum absolute atomic E-state index is 12.6. The summed E-state index contributed by atoms with van der Waals surface area (Å²) in [7, 11) is 0. The zero-order valence-corrected chi connectivity index (χ0v) is 18.8. The van der Waals surface area contributed by atoms with Gasteiger partial charge < -0.3 is 10.1 Å². The number of carbonyl (C=O) groups is 3. The Labute approximate surface area is 189 Å². The third-order valence-electron chi connectivity index (χ3n) is 5.04. The predicted octanol–water partition coefficient (Wildman–Crippen LogP) is 4.51. The molecule has 1 aromatic heterocycles. The lowest BCUT2D eigenvalue weighted by Crippen LogP contribution is -2.37. The quantitative estimate of drug-likeness (QED) is 0.571. The molecule has 32 heavy (non-hydrogen) atoms. The number of ether oxygens (including phenoxy) is 1. The first kappa shape index (κ1) is 21.7. The third-order valence-corrected chi connectivity index (χ3v) is 5.80. The van der Waals surface area contributed by atoms with E-state index in [-0.39, 0.29) is 5.91 Å². The first-order valence-corrected chi connectivity index (χ1v) is 11.1. The Kier molecular flexibility index (Phi) is 5.80. The highest BCUT2D eigenvalue weighted by molar-refractivity contribution is 7.14. The van der Waals surface area contributed by atoms with Gasteiger partial charge in [0.2, 0.25) is 5.91 Å². The number of esters is 1. The van der Waals surface area contributed by atoms with E-state index in [0.717, 1.165) is 11.1 Å². The smallest absolute Gasteiger partial charge is 0.339 e. The summed E-state index contributed by atoms with van der Waals surface area (Å²) < 4.78 is 5.30. The van der Waals surface area contributed by atoms with Gasteiger partial charge in [0.15, 0.2) is 11.2 Å². The van der Waals surface area contributed by atoms with Gasteiger partial charge in [-0.15, -0.1) is 11.3 Å². The maximum Gasteiger partial charge on any atom is 0.339 e. The summed E-state index contributed by atoms with van der Waals surface area (Å²) in [4.78, 5) is 41.4. The number of amides is 2. The number of nitrogens with zero attached hydrogens (tertiary/aromatic N) is 1. The molecule has 0 saturated heterocycles. The molecule has 1 aliphatic heterocycles. The highest BCUT2D eigenvalue weighted by Crippen LogP contribution is 2.28. The molecule has 0 radical (unpaired) electrons. The van der Waals surface area contributed by atoms with Crippen LogP contribution >= 0.6 is 11.3 Å². The van der Waals surface area contributed by atoms with Crippen LogP contribution < -0.4 is 10.6 Å². The van der Waals surface area contributed by atoms with E-state index < -0.39 is 23.4 Å². The Balaban J connectivity index is 1.40. The maximum atomic E-state index is 12.6. The molecule has 2 amide bonds. The Bertz CT molecular complexity index is 1180. The van der Waals surface area contributed by atoms with Gasteiger partial charge in [-0.3, -0.25) is 14.9 Å². The number of thiazole rings is 1. The Morgan fingerprint density at radius 3 is 2.50 bits per heavy atom. The molecule has 1 aliphatic rings. The van der Waals surface area contributed by atoms with Crippen molar-refractivity contribution in [3.63, 3.8) is 0 Å². The number of hydrogen-bond donors (Lipinski definition) is 2. The summed E-state index contributed by atoms with van der Waals surface area (Å²) in [6.45, 7) is 5.57. The molecule has 0 fully saturated rings. The average Bonchev–Trinajstić information content (AvgIpc) is 3.22. The van der Waals surface area contributed by atoms with Crippen molar-refractivity contribution in [1.82, 2.24) is 4.98 Å². The van der Waals surface area contributed by atoms with Gasteiger partial charge in [0.25, 0.3) is 5.91 Å². The minimum atomic E-state index is -0.893. The molecule has 7 nitrogen and oxygen atoms in total. The molecule has 0 saturated carbocycles. The van der Waals surface area contributed by atoms with E-state index in [4.69, 9.17) is 4.74 Å². The van der Waals surface area contributed by atoms with Crippen LogP contribution in [-0.2, 0) is 20.7 Å². The number of carbonyl (C=O) groups excluding carboxylic acids is 3. The second kappa shape index (κ2) is 8.55. The highest BCUT2D eigenvalue weighted by Gasteiger charge is 2.31. The second-order valence-electron chi connectivity index (χ2n) is 8.56. The molecular weight excluding hydrogens is 426 g/mol. The number of benzene rings is 2. The van der Waals surface area contributed by atoms with Crippen LogP contribution in [0, 0.1) is 5.41 Å². The van der Waals surface area contributed by atoms with Crippen LogP contribution in [0.4, 0.5) is 10.8 Å². The van der Waals surface area contributed by atoms with Gasteiger partial charge >= 0.3 is 5.97 Å². The minimum absolute atomic E-state index is 0.0602. The standard InChI is InChI=1S/C24H23N3O4S/c1-24(2,3)22(30)25-16-10-8-14(9-11-16)18-13-32-23(26-18)27-20(28)19-12-15-6-4-5-7-17(15)21(29)31-19/h4-11,13,19H,12H2,1-3H3,(H,25,30)(H,26,27,28). The zero-order valence-electron chi connectivity index (χ0n) is 18.0. The van der Waals surface area contributed by atoms with Crippen molar-refractivity contribution >= 4 is 39.9 Å². The molecule has 4 rings (SSSR count). The topological polar surface area (TPSA) is 97.4 Å². The fourth-order valence-electron chi connectivity index (χ4n) is 3.17. The van der Waals surface area contributed by atoms with Gasteiger partial charge in [0.1, 0.15) is 0 Å². The molecule has 2 N–H and O–H groups in total. The Morgan fingerprint density at radius 1 is 1.06 bits per heavy atom. The molecule has 3 aromatic rings. The van der Waals surface area contributed by atoms with Crippen LogP contribution in [0.15, 0.2) is 53.9 Å². The van der Waals surface area contributed by atoms with Crippen molar-refractivity contribution in [2.75, 3.05) is 10.6 Å². The average molecular weight is 450 g/mol. The monoisotopic (exact) mass is 449 g/mol. The van der Waals surface area contributed by atoms with Crippen LogP contribution in [0.5, 0.6) is 0 Å². The van der Waals surface area contributed by atoms with E-state index in [1.165, 1.54) is 11.3 Å². The summed E-state index contributed by atoms with van der Waals surface area (Å²) in [5.41, 5.74) is 3.07. The van der Waals surface area contributed by atoms with Gasteiger partial charge in [-0.25, -0.2) is 9.78 Å². The molecule has 0 bridgehead atoms. The van der Waals surface area contributed by atoms with E-state index in [1.807, 2.05) is 62.5 Å². The van der Waals surface area contributed by atoms with Crippen LogP contribution in [0.3, 0.4) is 0 Å². The van der Waals surface area contributed by atoms with Crippen molar-refractivity contribution in [3.8, 4) is 11.3 Å². The van der Waals surface area contributed by atoms with Crippen molar-refractivity contribution in [3.05, 3.63) is 65.0 Å². The van der Waals surface area contributed by atoms with Crippen molar-refractivity contribution in [2.24, 2.45) is 5.41 Å². The van der Waals surface area contributed by atoms with E-state index in [9.17, 15) is 14.4 Å². The Hall–Kier alpha value is -3.52. The molecule has 2 heterocycles. The molecule has 1 atom stereocenters. The van der Waals surface area contributed by atoms with Crippen LogP contribution in [0.1, 0.15) is 36.7 Å². The van der Waals surface area contributed by atoms with Crippen molar-refractivity contribution in [2.45, 2.75) is 33.3 Å². The first-order valence-electron chi connectivity index (χ1n) is 10.2. The number of aromatic nitrogens is 1. The lowest BCUT2D eigenvalue weighted by Gasteiger charge is -2.23. The lowest BCUT2D eigenvalue weighted by molar-refractivity contribution is -0.125. The number of cyclic esters (lactones) is 1. The summed E-state index contributed by atoms with van der Waals surface area (Å²) in [6.07, 6.45) is -0.566. The zero-order chi connectivity index (χ0) is 22.9. The van der Waals surface area contributed by atoms with Crippen molar-refractivity contribution in [1.29, 1.82) is 0 Å². The number of nitrogens with one attached hydrogen (secondary N) is 2. The molecule has 0 aliphatic carbocycles. The molecule has 2 aromatic carbocycles. The number of anilines is 2. The van der Waals surface area contributed by atoms with Gasteiger partial charge in [-0.2, -0.15) is 0 Å². The normalized spacial score (nSPS) is 15.5. The lowest BCUT2D eigenvalue weighted by atomic mass is 9.95. The van der Waals surface area contributed by atoms with E-state index >= 15 is 0 Å². The van der Waals surface area contributed by atoms with Gasteiger partial charge in [0, 0.05) is 28.5 Å². The van der Waals surface area contributed by atoms with Gasteiger partial charge in [-0.05, 0) is 23.8 Å². The number of fused-ring (bicyclic) bond motifs is 1. The van der Waals surface area contributed by atoms with E-state index in [1.54, 1.807) is 12.1 Å². The highest BCUT2D eigenvalue weighted by atomic mass is 32.1. The van der Waals surface area contributed by atoms with E-state index in [2.05, 4.69) is 15.6 Å². The first-order chi connectivity index (χ1) is 15.2. The fraction of sp³-hybridized carbons (Fsp3) is 0.250. The molecule has 164 valence electrons. The van der Waals surface area contributed by atoms with Crippen molar-refractivity contribution < 1.29 is 19.1 Å². The van der Waals surface area contributed by atoms with Crippen LogP contribution in [0.2, 0.25) is 0 Å². The van der Waals surface area contributed by atoms with Gasteiger partial charge in [0.05, 0.1) is 11.3 Å². The van der Waals surface area contributed by atoms with Gasteiger partial charge in [-0.1, -0.05) is 51.1 Å². The van der Waals surface area contributed by atoms with Crippen LogP contribution in [0.25, 0.3) is 11.3 Å². The SMILES string of the molecule is CC(C)(C)C(=O)Nc1ccc(-c2csc(NC(=O)C3Cc4ccccc4C(=O)O3)n2)cc1. The van der Waals surface area contributed by atoms with Crippen LogP contribution in [-0.4, -0.2) is 28.9 Å². The largest absolute Gasteiger partial charge is 0.448 e. The minimum Gasteiger partial charge on any atom is -0.448 e. The fourth-order valence-corrected chi connectivity index (χ4v) is 3.89.